The summed E-state index contributed by atoms with van der Waals surface area (Å²) < 4.78 is 28.8. The van der Waals surface area contributed by atoms with E-state index < -0.39 is 29.2 Å². The summed E-state index contributed by atoms with van der Waals surface area (Å²) in [6.45, 7) is 4.63. The fraction of sp³-hybridized carbons (Fsp3) is 0.256. The molecule has 14 nitrogen and oxygen atoms in total. The standard InChI is InChI=1S/C23H21FN4O4.C20H19FN4O2/c1-14(29)22(31)27-8-10-28(11-9-27)23(32)18-12-15(6-7-19(18)24)13-20-16-4-2-3-5-17(16)21(30)26-25-20;21-17-6-5-13(11-16(17)20(27)25-9-7-22-8-10-25)12-18-14-3-1-2-4-15(14)19(26)24-23-18/h2-7,12H,8-11,13H2,1H3,(H,26,30);1-6,11,22H,7-10,12H2,(H,24,26). The maximum absolute atomic E-state index is 14.5. The molecule has 2 aromatic heterocycles. The molecule has 4 heterocycles. The molecule has 3 N–H and O–H groups in total. The SMILES string of the molecule is CC(=O)C(=O)N1CCN(C(=O)c2cc(Cc3n[nH]c(=O)c4ccccc34)ccc2F)CC1.O=C(c1cc(Cc2n[nH]c(=O)c3ccccc23)ccc1F)N1CCNCC1. The molecule has 0 aliphatic carbocycles. The van der Waals surface area contributed by atoms with Gasteiger partial charge in [-0.15, -0.1) is 0 Å². The second-order valence-electron chi connectivity index (χ2n) is 14.3. The van der Waals surface area contributed by atoms with Crippen molar-refractivity contribution in [2.75, 3.05) is 52.4 Å². The van der Waals surface area contributed by atoms with Gasteiger partial charge in [-0.25, -0.2) is 19.0 Å². The van der Waals surface area contributed by atoms with Crippen molar-refractivity contribution in [3.63, 3.8) is 0 Å². The van der Waals surface area contributed by atoms with Gasteiger partial charge in [0, 0.05) is 82.9 Å². The van der Waals surface area contributed by atoms with Crippen molar-refractivity contribution >= 4 is 45.0 Å². The van der Waals surface area contributed by atoms with Crippen LogP contribution in [0.3, 0.4) is 0 Å². The van der Waals surface area contributed by atoms with Crippen molar-refractivity contribution in [3.8, 4) is 0 Å². The van der Waals surface area contributed by atoms with E-state index in [1.165, 1.54) is 34.9 Å². The molecule has 59 heavy (non-hydrogen) atoms. The third-order valence-electron chi connectivity index (χ3n) is 10.4. The molecule has 0 unspecified atom stereocenters. The number of nitrogens with zero attached hydrogens (tertiary/aromatic N) is 5. The van der Waals surface area contributed by atoms with Gasteiger partial charge in [-0.05, 0) is 47.5 Å². The molecule has 302 valence electrons. The van der Waals surface area contributed by atoms with Crippen LogP contribution in [0.15, 0.2) is 94.5 Å². The lowest BCUT2D eigenvalue weighted by molar-refractivity contribution is -0.144. The molecule has 2 aliphatic rings. The Bertz CT molecular complexity index is 2700. The molecule has 2 fully saturated rings. The Morgan fingerprint density at radius 3 is 1.42 bits per heavy atom. The third kappa shape index (κ3) is 8.97. The van der Waals surface area contributed by atoms with Crippen LogP contribution in [0.4, 0.5) is 8.78 Å². The van der Waals surface area contributed by atoms with Crippen LogP contribution in [0, 0.1) is 11.6 Å². The summed E-state index contributed by atoms with van der Waals surface area (Å²) >= 11 is 0. The Morgan fingerprint density at radius 2 is 0.983 bits per heavy atom. The first-order valence-corrected chi connectivity index (χ1v) is 19.1. The van der Waals surface area contributed by atoms with Crippen molar-refractivity contribution in [2.45, 2.75) is 19.8 Å². The Labute approximate surface area is 335 Å². The topological polar surface area (TPSA) is 182 Å². The van der Waals surface area contributed by atoms with E-state index in [0.717, 1.165) is 10.9 Å². The fourth-order valence-corrected chi connectivity index (χ4v) is 7.24. The quantitative estimate of drug-likeness (QED) is 0.204. The largest absolute Gasteiger partial charge is 0.336 e. The molecule has 0 atom stereocenters. The number of halogens is 2. The molecular formula is C43H40F2N8O6. The summed E-state index contributed by atoms with van der Waals surface area (Å²) in [7, 11) is 0. The second-order valence-corrected chi connectivity index (χ2v) is 14.3. The van der Waals surface area contributed by atoms with E-state index in [9.17, 15) is 37.5 Å². The number of H-pyrrole nitrogens is 2. The smallest absolute Gasteiger partial charge is 0.289 e. The number of rotatable bonds is 7. The van der Waals surface area contributed by atoms with E-state index in [4.69, 9.17) is 0 Å². The Balaban J connectivity index is 0.000000181. The van der Waals surface area contributed by atoms with Crippen LogP contribution in [0.2, 0.25) is 0 Å². The molecule has 8 rings (SSSR count). The average molecular weight is 803 g/mol. The number of piperazine rings is 2. The zero-order valence-electron chi connectivity index (χ0n) is 32.1. The monoisotopic (exact) mass is 802 g/mol. The highest BCUT2D eigenvalue weighted by molar-refractivity contribution is 6.35. The lowest BCUT2D eigenvalue weighted by atomic mass is 10.0. The molecular weight excluding hydrogens is 763 g/mol. The summed E-state index contributed by atoms with van der Waals surface area (Å²) in [6, 6.07) is 23.1. The van der Waals surface area contributed by atoms with E-state index in [1.54, 1.807) is 53.4 Å². The summed E-state index contributed by atoms with van der Waals surface area (Å²) in [5.74, 6) is -3.06. The summed E-state index contributed by atoms with van der Waals surface area (Å²) in [4.78, 5) is 77.1. The zero-order valence-corrected chi connectivity index (χ0v) is 32.1. The number of fused-ring (bicyclic) bond motifs is 2. The molecule has 2 saturated heterocycles. The number of hydrogen-bond donors (Lipinski definition) is 3. The average Bonchev–Trinajstić information content (AvgIpc) is 3.27. The van der Waals surface area contributed by atoms with Gasteiger partial charge < -0.3 is 20.0 Å². The number of amides is 3. The minimum atomic E-state index is -0.639. The minimum Gasteiger partial charge on any atom is -0.336 e. The highest BCUT2D eigenvalue weighted by Gasteiger charge is 2.28. The first-order valence-electron chi connectivity index (χ1n) is 19.1. The summed E-state index contributed by atoms with van der Waals surface area (Å²) in [5.41, 5.74) is 2.19. The maximum Gasteiger partial charge on any atom is 0.289 e. The number of carbonyl (C=O) groups excluding carboxylic acids is 4. The normalized spacial score (nSPS) is 14.2. The Morgan fingerprint density at radius 1 is 0.576 bits per heavy atom. The first kappa shape index (κ1) is 40.3. The molecule has 0 saturated carbocycles. The van der Waals surface area contributed by atoms with E-state index in [0.29, 0.717) is 72.1 Å². The second kappa shape index (κ2) is 17.7. The number of aromatic amines is 2. The maximum atomic E-state index is 14.5. The number of aromatic nitrogens is 4. The molecule has 16 heteroatoms. The highest BCUT2D eigenvalue weighted by Crippen LogP contribution is 2.22. The number of Topliss-reactive ketones (excluding diaryl/α,β-unsaturated/α-hetero) is 1. The van der Waals surface area contributed by atoms with Gasteiger partial charge in [-0.2, -0.15) is 10.2 Å². The zero-order chi connectivity index (χ0) is 41.6. The van der Waals surface area contributed by atoms with Gasteiger partial charge in [0.1, 0.15) is 11.6 Å². The van der Waals surface area contributed by atoms with Gasteiger partial charge in [-0.1, -0.05) is 48.5 Å². The van der Waals surface area contributed by atoms with Crippen LogP contribution in [-0.2, 0) is 22.4 Å². The van der Waals surface area contributed by atoms with Gasteiger partial charge in [0.15, 0.2) is 0 Å². The van der Waals surface area contributed by atoms with Crippen molar-refractivity contribution in [3.05, 3.63) is 151 Å². The van der Waals surface area contributed by atoms with Gasteiger partial charge in [0.2, 0.25) is 5.78 Å². The number of hydrogen-bond acceptors (Lipinski definition) is 9. The Hall–Kier alpha value is -6.94. The van der Waals surface area contributed by atoms with Crippen LogP contribution < -0.4 is 16.4 Å². The third-order valence-corrected chi connectivity index (χ3v) is 10.4. The van der Waals surface area contributed by atoms with Gasteiger partial charge in [0.05, 0.1) is 33.3 Å². The number of carbonyl (C=O) groups is 4. The number of nitrogens with one attached hydrogen (secondary N) is 3. The molecule has 6 aromatic rings. The highest BCUT2D eigenvalue weighted by atomic mass is 19.1. The predicted octanol–water partition coefficient (Wildman–Crippen LogP) is 3.22. The summed E-state index contributed by atoms with van der Waals surface area (Å²) in [6.07, 6.45) is 0.693. The molecule has 0 radical (unpaired) electrons. The minimum absolute atomic E-state index is 0.0671. The number of ketones is 1. The molecule has 3 amide bonds. The van der Waals surface area contributed by atoms with Crippen LogP contribution in [0.5, 0.6) is 0 Å². The van der Waals surface area contributed by atoms with Gasteiger partial charge in [-0.3, -0.25) is 28.8 Å². The van der Waals surface area contributed by atoms with Gasteiger partial charge in [0.25, 0.3) is 28.8 Å². The van der Waals surface area contributed by atoms with E-state index in [1.807, 2.05) is 18.2 Å². The first-order chi connectivity index (χ1) is 28.5. The fourth-order valence-electron chi connectivity index (χ4n) is 7.24. The summed E-state index contributed by atoms with van der Waals surface area (Å²) in [5, 5.41) is 19.0. The molecule has 4 aromatic carbocycles. The van der Waals surface area contributed by atoms with Gasteiger partial charge >= 0.3 is 0 Å². The van der Waals surface area contributed by atoms with Crippen LogP contribution in [0.1, 0.15) is 50.2 Å². The van der Waals surface area contributed by atoms with Crippen molar-refractivity contribution in [2.24, 2.45) is 0 Å². The molecule has 0 spiro atoms. The molecule has 0 bridgehead atoms. The van der Waals surface area contributed by atoms with E-state index in [-0.39, 0.29) is 54.3 Å². The van der Waals surface area contributed by atoms with Crippen LogP contribution in [-0.4, -0.2) is 111 Å². The molecule has 2 aliphatic heterocycles. The predicted molar refractivity (Wildman–Crippen MR) is 215 cm³/mol. The lowest BCUT2D eigenvalue weighted by Crippen LogP contribution is -2.52. The van der Waals surface area contributed by atoms with Crippen molar-refractivity contribution < 1.29 is 28.0 Å². The lowest BCUT2D eigenvalue weighted by Gasteiger charge is -2.34. The van der Waals surface area contributed by atoms with Crippen LogP contribution >= 0.6 is 0 Å². The van der Waals surface area contributed by atoms with Crippen LogP contribution in [0.25, 0.3) is 21.5 Å². The van der Waals surface area contributed by atoms with E-state index in [2.05, 4.69) is 25.7 Å². The Kier molecular flexibility index (Phi) is 12.1. The van der Waals surface area contributed by atoms with Crippen molar-refractivity contribution in [1.29, 1.82) is 0 Å². The van der Waals surface area contributed by atoms with E-state index >= 15 is 0 Å². The number of benzene rings is 4. The van der Waals surface area contributed by atoms with Crippen molar-refractivity contribution in [1.82, 2.24) is 40.4 Å².